The SMILES string of the molecule is CC(CNC(=O)c1cccn1CC(=O)O)CN1CCCC1. The number of hydrogen-bond donors (Lipinski definition) is 2. The summed E-state index contributed by atoms with van der Waals surface area (Å²) in [6, 6.07) is 3.33. The fraction of sp³-hybridized carbons (Fsp3) is 0.600. The highest BCUT2D eigenvalue weighted by Gasteiger charge is 2.17. The van der Waals surface area contributed by atoms with Gasteiger partial charge in [-0.15, -0.1) is 0 Å². The second kappa shape index (κ2) is 7.26. The monoisotopic (exact) mass is 293 g/mol. The number of carbonyl (C=O) groups is 2. The number of amides is 1. The molecule has 0 bridgehead atoms. The standard InChI is InChI=1S/C15H23N3O3/c1-12(10-17-6-2-3-7-17)9-16-15(21)13-5-4-8-18(13)11-14(19)20/h4-5,8,12H,2-3,6-7,9-11H2,1H3,(H,16,21)(H,19,20). The summed E-state index contributed by atoms with van der Waals surface area (Å²) < 4.78 is 1.45. The zero-order chi connectivity index (χ0) is 15.2. The minimum atomic E-state index is -0.956. The van der Waals surface area contributed by atoms with Crippen molar-refractivity contribution in [2.75, 3.05) is 26.2 Å². The lowest BCUT2D eigenvalue weighted by atomic mass is 10.1. The third kappa shape index (κ3) is 4.60. The van der Waals surface area contributed by atoms with Crippen LogP contribution in [0.2, 0.25) is 0 Å². The van der Waals surface area contributed by atoms with E-state index in [-0.39, 0.29) is 12.5 Å². The highest BCUT2D eigenvalue weighted by molar-refractivity contribution is 5.93. The summed E-state index contributed by atoms with van der Waals surface area (Å²) in [5.41, 5.74) is 0.394. The molecule has 2 rings (SSSR count). The molecule has 0 aliphatic carbocycles. The Bertz CT molecular complexity index is 492. The van der Waals surface area contributed by atoms with Crippen LogP contribution < -0.4 is 5.32 Å². The summed E-state index contributed by atoms with van der Waals surface area (Å²) in [6.07, 6.45) is 4.14. The van der Waals surface area contributed by atoms with E-state index in [1.807, 2.05) is 0 Å². The quantitative estimate of drug-likeness (QED) is 0.787. The second-order valence-electron chi connectivity index (χ2n) is 5.74. The number of likely N-dealkylation sites (tertiary alicyclic amines) is 1. The Labute approximate surface area is 124 Å². The van der Waals surface area contributed by atoms with E-state index in [9.17, 15) is 9.59 Å². The molecule has 1 unspecified atom stereocenters. The Morgan fingerprint density at radius 3 is 2.76 bits per heavy atom. The van der Waals surface area contributed by atoms with Crippen LogP contribution in [0.1, 0.15) is 30.3 Å². The number of aliphatic carboxylic acids is 1. The van der Waals surface area contributed by atoms with Gasteiger partial charge >= 0.3 is 5.97 Å². The first-order valence-corrected chi connectivity index (χ1v) is 7.43. The maximum atomic E-state index is 12.1. The molecule has 21 heavy (non-hydrogen) atoms. The maximum Gasteiger partial charge on any atom is 0.323 e. The molecule has 116 valence electrons. The predicted molar refractivity (Wildman–Crippen MR) is 79.2 cm³/mol. The van der Waals surface area contributed by atoms with E-state index in [2.05, 4.69) is 17.1 Å². The van der Waals surface area contributed by atoms with Gasteiger partial charge in [0, 0.05) is 19.3 Å². The predicted octanol–water partition coefficient (Wildman–Crippen LogP) is 1.03. The molecule has 1 aromatic heterocycles. The van der Waals surface area contributed by atoms with E-state index in [1.165, 1.54) is 17.4 Å². The smallest absolute Gasteiger partial charge is 0.323 e. The normalized spacial score (nSPS) is 16.8. The summed E-state index contributed by atoms with van der Waals surface area (Å²) in [4.78, 5) is 25.3. The minimum Gasteiger partial charge on any atom is -0.480 e. The van der Waals surface area contributed by atoms with Crippen molar-refractivity contribution in [3.8, 4) is 0 Å². The molecular weight excluding hydrogens is 270 g/mol. The van der Waals surface area contributed by atoms with Crippen LogP contribution in [-0.2, 0) is 11.3 Å². The number of nitrogens with one attached hydrogen (secondary N) is 1. The molecule has 1 saturated heterocycles. The van der Waals surface area contributed by atoms with Gasteiger partial charge in [0.1, 0.15) is 12.2 Å². The first-order chi connectivity index (χ1) is 10.1. The lowest BCUT2D eigenvalue weighted by Gasteiger charge is -2.20. The zero-order valence-electron chi connectivity index (χ0n) is 12.4. The molecule has 6 heteroatoms. The van der Waals surface area contributed by atoms with Gasteiger partial charge in [0.25, 0.3) is 5.91 Å². The van der Waals surface area contributed by atoms with Crippen molar-refractivity contribution in [2.45, 2.75) is 26.3 Å². The van der Waals surface area contributed by atoms with Gasteiger partial charge in [0.2, 0.25) is 0 Å². The van der Waals surface area contributed by atoms with E-state index in [1.54, 1.807) is 18.3 Å². The molecule has 1 amide bonds. The number of carboxylic acid groups (broad SMARTS) is 1. The zero-order valence-corrected chi connectivity index (χ0v) is 12.4. The number of carbonyl (C=O) groups excluding carboxylic acids is 1. The van der Waals surface area contributed by atoms with Gasteiger partial charge in [-0.1, -0.05) is 6.92 Å². The van der Waals surface area contributed by atoms with E-state index in [4.69, 9.17) is 5.11 Å². The largest absolute Gasteiger partial charge is 0.480 e. The molecular formula is C15H23N3O3. The van der Waals surface area contributed by atoms with Crippen molar-refractivity contribution < 1.29 is 14.7 Å². The van der Waals surface area contributed by atoms with Crippen LogP contribution in [0.4, 0.5) is 0 Å². The molecule has 0 radical (unpaired) electrons. The summed E-state index contributed by atoms with van der Waals surface area (Å²) >= 11 is 0. The van der Waals surface area contributed by atoms with E-state index < -0.39 is 5.97 Å². The highest BCUT2D eigenvalue weighted by Crippen LogP contribution is 2.10. The highest BCUT2D eigenvalue weighted by atomic mass is 16.4. The lowest BCUT2D eigenvalue weighted by molar-refractivity contribution is -0.137. The van der Waals surface area contributed by atoms with E-state index in [0.29, 0.717) is 18.2 Å². The molecule has 6 nitrogen and oxygen atoms in total. The molecule has 1 fully saturated rings. The van der Waals surface area contributed by atoms with Crippen LogP contribution in [0.3, 0.4) is 0 Å². The summed E-state index contributed by atoms with van der Waals surface area (Å²) in [6.45, 7) is 5.83. The van der Waals surface area contributed by atoms with E-state index in [0.717, 1.165) is 19.6 Å². The van der Waals surface area contributed by atoms with Crippen molar-refractivity contribution in [2.24, 2.45) is 5.92 Å². The fourth-order valence-electron chi connectivity index (χ4n) is 2.73. The van der Waals surface area contributed by atoms with Crippen LogP contribution in [0.25, 0.3) is 0 Å². The van der Waals surface area contributed by atoms with Gasteiger partial charge in [-0.2, -0.15) is 0 Å². The molecule has 0 saturated carbocycles. The number of rotatable bonds is 7. The van der Waals surface area contributed by atoms with Crippen LogP contribution in [-0.4, -0.2) is 52.6 Å². The first-order valence-electron chi connectivity index (χ1n) is 7.43. The number of nitrogens with zero attached hydrogens (tertiary/aromatic N) is 2. The Hall–Kier alpha value is -1.82. The number of hydrogen-bond acceptors (Lipinski definition) is 3. The van der Waals surface area contributed by atoms with Crippen LogP contribution >= 0.6 is 0 Å². The van der Waals surface area contributed by atoms with Gasteiger partial charge in [0.05, 0.1) is 0 Å². The van der Waals surface area contributed by atoms with Crippen molar-refractivity contribution in [3.05, 3.63) is 24.0 Å². The van der Waals surface area contributed by atoms with Crippen molar-refractivity contribution in [1.29, 1.82) is 0 Å². The molecule has 2 N–H and O–H groups in total. The van der Waals surface area contributed by atoms with Crippen LogP contribution in [0, 0.1) is 5.92 Å². The van der Waals surface area contributed by atoms with Gasteiger partial charge in [-0.25, -0.2) is 0 Å². The van der Waals surface area contributed by atoms with Crippen LogP contribution in [0.15, 0.2) is 18.3 Å². The second-order valence-corrected chi connectivity index (χ2v) is 5.74. The molecule has 1 aliphatic heterocycles. The molecule has 0 spiro atoms. The van der Waals surface area contributed by atoms with Crippen molar-refractivity contribution in [1.82, 2.24) is 14.8 Å². The number of aromatic nitrogens is 1. The Balaban J connectivity index is 1.81. The maximum absolute atomic E-state index is 12.1. The number of carboxylic acids is 1. The third-order valence-electron chi connectivity index (χ3n) is 3.75. The average molecular weight is 293 g/mol. The first kappa shape index (κ1) is 15.6. The molecule has 1 atom stereocenters. The Morgan fingerprint density at radius 1 is 1.38 bits per heavy atom. The lowest BCUT2D eigenvalue weighted by Crippen LogP contribution is -2.35. The molecule has 1 aromatic rings. The average Bonchev–Trinajstić information content (AvgIpc) is 3.07. The molecule has 0 aromatic carbocycles. The molecule has 2 heterocycles. The molecule has 1 aliphatic rings. The third-order valence-corrected chi connectivity index (χ3v) is 3.75. The van der Waals surface area contributed by atoms with Gasteiger partial charge in [-0.3, -0.25) is 9.59 Å². The Kier molecular flexibility index (Phi) is 5.38. The Morgan fingerprint density at radius 2 is 2.10 bits per heavy atom. The summed E-state index contributed by atoms with van der Waals surface area (Å²) in [5, 5.41) is 11.7. The van der Waals surface area contributed by atoms with Crippen molar-refractivity contribution >= 4 is 11.9 Å². The topological polar surface area (TPSA) is 74.6 Å². The van der Waals surface area contributed by atoms with Crippen LogP contribution in [0.5, 0.6) is 0 Å². The summed E-state index contributed by atoms with van der Waals surface area (Å²) in [5.74, 6) is -0.785. The fourth-order valence-corrected chi connectivity index (χ4v) is 2.73. The van der Waals surface area contributed by atoms with Gasteiger partial charge < -0.3 is 19.9 Å². The van der Waals surface area contributed by atoms with Gasteiger partial charge in [-0.05, 0) is 44.0 Å². The summed E-state index contributed by atoms with van der Waals surface area (Å²) in [7, 11) is 0. The van der Waals surface area contributed by atoms with E-state index >= 15 is 0 Å². The van der Waals surface area contributed by atoms with Crippen molar-refractivity contribution in [3.63, 3.8) is 0 Å². The van der Waals surface area contributed by atoms with Gasteiger partial charge in [0.15, 0.2) is 0 Å². The minimum absolute atomic E-state index is 0.195.